The summed E-state index contributed by atoms with van der Waals surface area (Å²) in [6.45, 7) is 3.78. The molecule has 0 saturated heterocycles. The average Bonchev–Trinajstić information content (AvgIpc) is 2.15. The van der Waals surface area contributed by atoms with Gasteiger partial charge in [0.1, 0.15) is 0 Å². The first-order valence-electron chi connectivity index (χ1n) is 4.67. The van der Waals surface area contributed by atoms with Crippen LogP contribution in [0.2, 0.25) is 0 Å². The maximum absolute atomic E-state index is 12.2. The van der Waals surface area contributed by atoms with E-state index in [4.69, 9.17) is 5.11 Å². The molecular weight excluding hydrogens is 205 g/mol. The van der Waals surface area contributed by atoms with Crippen LogP contribution in [0.3, 0.4) is 0 Å². The molecule has 0 fully saturated rings. The van der Waals surface area contributed by atoms with E-state index < -0.39 is 12.3 Å². The van der Waals surface area contributed by atoms with Gasteiger partial charge in [-0.15, -0.1) is 0 Å². The SMILES string of the molecule is CC(C)c1cccc(C(O)C(F)(F)F)c1. The van der Waals surface area contributed by atoms with Gasteiger partial charge in [-0.2, -0.15) is 13.2 Å². The molecule has 0 bridgehead atoms. The van der Waals surface area contributed by atoms with Crippen molar-refractivity contribution in [3.05, 3.63) is 35.4 Å². The highest BCUT2D eigenvalue weighted by Gasteiger charge is 2.39. The van der Waals surface area contributed by atoms with Crippen molar-refractivity contribution in [3.8, 4) is 0 Å². The summed E-state index contributed by atoms with van der Waals surface area (Å²) < 4.78 is 36.7. The molecule has 1 N–H and O–H groups in total. The Morgan fingerprint density at radius 2 is 1.67 bits per heavy atom. The van der Waals surface area contributed by atoms with Gasteiger partial charge >= 0.3 is 6.18 Å². The highest BCUT2D eigenvalue weighted by molar-refractivity contribution is 5.27. The second-order valence-electron chi connectivity index (χ2n) is 3.77. The van der Waals surface area contributed by atoms with Gasteiger partial charge in [0.15, 0.2) is 6.10 Å². The third-order valence-electron chi connectivity index (χ3n) is 2.20. The summed E-state index contributed by atoms with van der Waals surface area (Å²) in [7, 11) is 0. The molecule has 0 aromatic heterocycles. The van der Waals surface area contributed by atoms with Gasteiger partial charge in [0, 0.05) is 0 Å². The lowest BCUT2D eigenvalue weighted by atomic mass is 9.98. The monoisotopic (exact) mass is 218 g/mol. The number of hydrogen-bond donors (Lipinski definition) is 1. The molecule has 4 heteroatoms. The molecule has 1 nitrogen and oxygen atoms in total. The number of alkyl halides is 3. The molecule has 0 aliphatic heterocycles. The first-order chi connectivity index (χ1) is 6.82. The van der Waals surface area contributed by atoms with E-state index in [9.17, 15) is 13.2 Å². The Balaban J connectivity index is 3.00. The average molecular weight is 218 g/mol. The van der Waals surface area contributed by atoms with Crippen LogP contribution in [-0.4, -0.2) is 11.3 Å². The number of benzene rings is 1. The summed E-state index contributed by atoms with van der Waals surface area (Å²) in [4.78, 5) is 0. The van der Waals surface area contributed by atoms with E-state index in [2.05, 4.69) is 0 Å². The van der Waals surface area contributed by atoms with Gasteiger partial charge < -0.3 is 5.11 Å². The largest absolute Gasteiger partial charge is 0.418 e. The zero-order valence-electron chi connectivity index (χ0n) is 8.55. The van der Waals surface area contributed by atoms with E-state index in [1.807, 2.05) is 13.8 Å². The van der Waals surface area contributed by atoms with Crippen LogP contribution >= 0.6 is 0 Å². The van der Waals surface area contributed by atoms with Gasteiger partial charge in [-0.1, -0.05) is 38.1 Å². The molecule has 0 heterocycles. The van der Waals surface area contributed by atoms with Crippen LogP contribution in [0.5, 0.6) is 0 Å². The lowest BCUT2D eigenvalue weighted by molar-refractivity contribution is -0.206. The molecule has 84 valence electrons. The van der Waals surface area contributed by atoms with Crippen molar-refractivity contribution in [1.82, 2.24) is 0 Å². The van der Waals surface area contributed by atoms with Crippen molar-refractivity contribution >= 4 is 0 Å². The van der Waals surface area contributed by atoms with Crippen molar-refractivity contribution in [3.63, 3.8) is 0 Å². The zero-order chi connectivity index (χ0) is 11.6. The standard InChI is InChI=1S/C11H13F3O/c1-7(2)8-4-3-5-9(6-8)10(15)11(12,13)14/h3-7,10,15H,1-2H3. The van der Waals surface area contributed by atoms with E-state index in [0.717, 1.165) is 5.56 Å². The predicted molar refractivity (Wildman–Crippen MR) is 51.5 cm³/mol. The molecule has 0 radical (unpaired) electrons. The first kappa shape index (κ1) is 12.0. The molecule has 1 rings (SSSR count). The summed E-state index contributed by atoms with van der Waals surface area (Å²) in [5.41, 5.74) is 0.685. The van der Waals surface area contributed by atoms with Crippen LogP contribution in [0.15, 0.2) is 24.3 Å². The van der Waals surface area contributed by atoms with Gasteiger partial charge in [0.25, 0.3) is 0 Å². The van der Waals surface area contributed by atoms with Crippen molar-refractivity contribution in [2.75, 3.05) is 0 Å². The van der Waals surface area contributed by atoms with Crippen LogP contribution in [0.4, 0.5) is 13.2 Å². The lowest BCUT2D eigenvalue weighted by Gasteiger charge is -2.16. The van der Waals surface area contributed by atoms with E-state index in [1.165, 1.54) is 18.2 Å². The molecule has 1 unspecified atom stereocenters. The molecule has 0 amide bonds. The van der Waals surface area contributed by atoms with Crippen LogP contribution in [0.25, 0.3) is 0 Å². The van der Waals surface area contributed by atoms with Gasteiger partial charge in [0.2, 0.25) is 0 Å². The first-order valence-corrected chi connectivity index (χ1v) is 4.67. The molecule has 0 spiro atoms. The molecule has 0 aliphatic carbocycles. The number of aliphatic hydroxyl groups excluding tert-OH is 1. The zero-order valence-corrected chi connectivity index (χ0v) is 8.55. The van der Waals surface area contributed by atoms with Gasteiger partial charge in [0.05, 0.1) is 0 Å². The fourth-order valence-corrected chi connectivity index (χ4v) is 1.28. The third kappa shape index (κ3) is 2.96. The summed E-state index contributed by atoms with van der Waals surface area (Å²) in [6, 6.07) is 5.95. The second kappa shape index (κ2) is 4.23. The van der Waals surface area contributed by atoms with E-state index in [-0.39, 0.29) is 11.5 Å². The van der Waals surface area contributed by atoms with Crippen molar-refractivity contribution < 1.29 is 18.3 Å². The minimum Gasteiger partial charge on any atom is -0.379 e. The number of aliphatic hydroxyl groups is 1. The quantitative estimate of drug-likeness (QED) is 0.806. The fourth-order valence-electron chi connectivity index (χ4n) is 1.28. The highest BCUT2D eigenvalue weighted by Crippen LogP contribution is 2.33. The predicted octanol–water partition coefficient (Wildman–Crippen LogP) is 3.41. The van der Waals surface area contributed by atoms with Gasteiger partial charge in [-0.3, -0.25) is 0 Å². The minimum absolute atomic E-state index is 0.103. The Kier molecular flexibility index (Phi) is 3.39. The molecule has 15 heavy (non-hydrogen) atoms. The van der Waals surface area contributed by atoms with Crippen molar-refractivity contribution in [2.24, 2.45) is 0 Å². The molecule has 1 atom stereocenters. The van der Waals surface area contributed by atoms with Crippen molar-refractivity contribution in [1.29, 1.82) is 0 Å². The Morgan fingerprint density at radius 3 is 2.13 bits per heavy atom. The number of rotatable bonds is 2. The van der Waals surface area contributed by atoms with Crippen LogP contribution in [-0.2, 0) is 0 Å². The Morgan fingerprint density at radius 1 is 1.13 bits per heavy atom. The second-order valence-corrected chi connectivity index (χ2v) is 3.77. The van der Waals surface area contributed by atoms with Crippen LogP contribution < -0.4 is 0 Å². The Bertz CT molecular complexity index is 331. The summed E-state index contributed by atoms with van der Waals surface area (Å²) in [5.74, 6) is 0.144. The highest BCUT2D eigenvalue weighted by atomic mass is 19.4. The normalized spacial score (nSPS) is 14.3. The summed E-state index contributed by atoms with van der Waals surface area (Å²) in [6.07, 6.45) is -6.99. The Labute approximate surface area is 86.5 Å². The lowest BCUT2D eigenvalue weighted by Crippen LogP contribution is -2.20. The Hall–Kier alpha value is -1.03. The topological polar surface area (TPSA) is 20.2 Å². The molecule has 0 aliphatic rings. The molecular formula is C11H13F3O. The van der Waals surface area contributed by atoms with Crippen LogP contribution in [0.1, 0.15) is 37.0 Å². The maximum atomic E-state index is 12.2. The number of halogens is 3. The maximum Gasteiger partial charge on any atom is 0.418 e. The molecule has 1 aromatic rings. The van der Waals surface area contributed by atoms with E-state index in [0.29, 0.717) is 0 Å². The molecule has 0 saturated carbocycles. The van der Waals surface area contributed by atoms with Crippen LogP contribution in [0, 0.1) is 0 Å². The van der Waals surface area contributed by atoms with E-state index in [1.54, 1.807) is 6.07 Å². The fraction of sp³-hybridized carbons (Fsp3) is 0.455. The third-order valence-corrected chi connectivity index (χ3v) is 2.20. The smallest absolute Gasteiger partial charge is 0.379 e. The van der Waals surface area contributed by atoms with E-state index >= 15 is 0 Å². The van der Waals surface area contributed by atoms with Gasteiger partial charge in [-0.25, -0.2) is 0 Å². The number of hydrogen-bond acceptors (Lipinski definition) is 1. The summed E-state index contributed by atoms with van der Waals surface area (Å²) >= 11 is 0. The summed E-state index contributed by atoms with van der Waals surface area (Å²) in [5, 5.41) is 9.04. The van der Waals surface area contributed by atoms with Crippen molar-refractivity contribution in [2.45, 2.75) is 32.0 Å². The minimum atomic E-state index is -4.60. The molecule has 1 aromatic carbocycles. The van der Waals surface area contributed by atoms with Gasteiger partial charge in [-0.05, 0) is 17.0 Å².